The Morgan fingerprint density at radius 2 is 2.03 bits per heavy atom. The number of amides is 2. The highest BCUT2D eigenvalue weighted by Gasteiger charge is 2.30. The van der Waals surface area contributed by atoms with Gasteiger partial charge in [-0.1, -0.05) is 0 Å². The maximum atomic E-state index is 12.1. The first kappa shape index (κ1) is 23.1. The zero-order valence-corrected chi connectivity index (χ0v) is 17.8. The van der Waals surface area contributed by atoms with E-state index in [-0.39, 0.29) is 12.0 Å². The second-order valence-electron chi connectivity index (χ2n) is 7.14. The van der Waals surface area contributed by atoms with Gasteiger partial charge in [0, 0.05) is 38.4 Å². The van der Waals surface area contributed by atoms with Crippen molar-refractivity contribution in [3.05, 3.63) is 23.1 Å². The molecule has 0 aromatic carbocycles. The molecule has 1 fully saturated rings. The molecule has 2 aromatic heterocycles. The zero-order valence-electron chi connectivity index (χ0n) is 17.0. The molecule has 0 bridgehead atoms. The molecule has 1 atom stereocenters. The highest BCUT2D eigenvalue weighted by atomic mass is 32.1. The third-order valence-electron chi connectivity index (χ3n) is 4.78. The van der Waals surface area contributed by atoms with Gasteiger partial charge in [-0.25, -0.2) is 9.78 Å². The summed E-state index contributed by atoms with van der Waals surface area (Å²) in [4.78, 5) is 30.6. The van der Waals surface area contributed by atoms with Gasteiger partial charge >= 0.3 is 12.5 Å². The van der Waals surface area contributed by atoms with Gasteiger partial charge in [-0.3, -0.25) is 9.53 Å². The third-order valence-corrected chi connectivity index (χ3v) is 5.71. The van der Waals surface area contributed by atoms with Crippen LogP contribution in [-0.2, 0) is 9.47 Å². The predicted octanol–water partition coefficient (Wildman–Crippen LogP) is 3.28. The van der Waals surface area contributed by atoms with Gasteiger partial charge in [0.05, 0.1) is 28.4 Å². The molecule has 2 N–H and O–H groups in total. The number of aromatic nitrogens is 1. The minimum Gasteiger partial charge on any atom is -0.446 e. The number of pyridine rings is 1. The van der Waals surface area contributed by atoms with Crippen LogP contribution in [0.4, 0.5) is 23.8 Å². The topological polar surface area (TPSA) is 92.8 Å². The summed E-state index contributed by atoms with van der Waals surface area (Å²) in [6, 6.07) is 2.98. The molecule has 1 aliphatic heterocycles. The normalized spacial score (nSPS) is 16.2. The molecule has 0 radical (unpaired) electrons. The van der Waals surface area contributed by atoms with E-state index in [1.54, 1.807) is 12.4 Å². The minimum atomic E-state index is -4.74. The number of piperidine rings is 1. The summed E-state index contributed by atoms with van der Waals surface area (Å²) in [6.45, 7) is 1.88. The SMILES string of the molecule is CNC(=O)c1csc2ccc(N3CCC(OC(=O)N[C@@H](C)COC(F)(F)F)CC3)nc12. The van der Waals surface area contributed by atoms with Gasteiger partial charge < -0.3 is 20.3 Å². The van der Waals surface area contributed by atoms with Crippen LogP contribution in [0.2, 0.25) is 0 Å². The summed E-state index contributed by atoms with van der Waals surface area (Å²) in [6.07, 6.45) is -4.77. The molecule has 8 nitrogen and oxygen atoms in total. The molecule has 2 aromatic rings. The van der Waals surface area contributed by atoms with Gasteiger partial charge in [-0.05, 0) is 19.1 Å². The Morgan fingerprint density at radius 1 is 1.32 bits per heavy atom. The number of hydrogen-bond acceptors (Lipinski definition) is 7. The molecule has 3 rings (SSSR count). The number of alkyl carbamates (subject to hydrolysis) is 1. The smallest absolute Gasteiger partial charge is 0.446 e. The first-order chi connectivity index (χ1) is 14.7. The van der Waals surface area contributed by atoms with E-state index in [0.29, 0.717) is 37.0 Å². The molecule has 0 aliphatic carbocycles. The van der Waals surface area contributed by atoms with E-state index in [0.717, 1.165) is 10.5 Å². The number of anilines is 1. The van der Waals surface area contributed by atoms with E-state index in [1.165, 1.54) is 18.3 Å². The quantitative estimate of drug-likeness (QED) is 0.688. The van der Waals surface area contributed by atoms with Crippen LogP contribution in [0.1, 0.15) is 30.1 Å². The third kappa shape index (κ3) is 6.20. The van der Waals surface area contributed by atoms with Crippen molar-refractivity contribution >= 4 is 39.4 Å². The molecule has 170 valence electrons. The van der Waals surface area contributed by atoms with E-state index in [1.807, 2.05) is 17.0 Å². The fourth-order valence-electron chi connectivity index (χ4n) is 3.22. The monoisotopic (exact) mass is 460 g/mol. The summed E-state index contributed by atoms with van der Waals surface area (Å²) < 4.78 is 46.1. The molecule has 31 heavy (non-hydrogen) atoms. The predicted molar refractivity (Wildman–Crippen MR) is 109 cm³/mol. The standard InChI is InChI=1S/C19H23F3N4O4S/c1-11(9-29-19(20,21)22)24-18(28)30-12-5-7-26(8-6-12)15-4-3-14-16(25-15)13(10-31-14)17(27)23-2/h3-4,10-12H,5-9H2,1-2H3,(H,23,27)(H,24,28)/t11-/m0/s1. The maximum Gasteiger partial charge on any atom is 0.522 e. The summed E-state index contributed by atoms with van der Waals surface area (Å²) >= 11 is 1.45. The number of fused-ring (bicyclic) bond motifs is 1. The number of halogens is 3. The number of alkyl halides is 3. The van der Waals surface area contributed by atoms with Crippen LogP contribution in [0.25, 0.3) is 10.2 Å². The lowest BCUT2D eigenvalue weighted by Crippen LogP contribution is -2.42. The largest absolute Gasteiger partial charge is 0.522 e. The summed E-state index contributed by atoms with van der Waals surface area (Å²) in [5.41, 5.74) is 1.18. The first-order valence-corrected chi connectivity index (χ1v) is 10.6. The molecule has 1 aliphatic rings. The van der Waals surface area contributed by atoms with Crippen molar-refractivity contribution in [2.24, 2.45) is 0 Å². The molecule has 0 spiro atoms. The van der Waals surface area contributed by atoms with Crippen LogP contribution in [-0.4, -0.2) is 62.2 Å². The Kier molecular flexibility index (Phi) is 7.21. The fourth-order valence-corrected chi connectivity index (χ4v) is 4.10. The van der Waals surface area contributed by atoms with E-state index < -0.39 is 25.1 Å². The molecular formula is C19H23F3N4O4S. The molecular weight excluding hydrogens is 437 g/mol. The van der Waals surface area contributed by atoms with Gasteiger partial charge in [0.25, 0.3) is 5.91 Å². The average molecular weight is 460 g/mol. The Balaban J connectivity index is 1.51. The van der Waals surface area contributed by atoms with Gasteiger partial charge in [0.2, 0.25) is 0 Å². The van der Waals surface area contributed by atoms with E-state index in [9.17, 15) is 22.8 Å². The summed E-state index contributed by atoms with van der Waals surface area (Å²) in [5.74, 6) is 0.542. The van der Waals surface area contributed by atoms with Gasteiger partial charge in [-0.2, -0.15) is 0 Å². The molecule has 3 heterocycles. The second kappa shape index (κ2) is 9.69. The van der Waals surface area contributed by atoms with E-state index >= 15 is 0 Å². The van der Waals surface area contributed by atoms with Crippen LogP contribution in [0, 0.1) is 0 Å². The van der Waals surface area contributed by atoms with Crippen molar-refractivity contribution in [1.29, 1.82) is 0 Å². The van der Waals surface area contributed by atoms with Crippen LogP contribution >= 0.6 is 11.3 Å². The fraction of sp³-hybridized carbons (Fsp3) is 0.526. The number of nitrogens with one attached hydrogen (secondary N) is 2. The average Bonchev–Trinajstić information content (AvgIpc) is 3.15. The lowest BCUT2D eigenvalue weighted by Gasteiger charge is -2.32. The Hall–Kier alpha value is -2.60. The van der Waals surface area contributed by atoms with Crippen molar-refractivity contribution < 1.29 is 32.2 Å². The highest BCUT2D eigenvalue weighted by Crippen LogP contribution is 2.28. The van der Waals surface area contributed by atoms with Gasteiger partial charge in [0.15, 0.2) is 0 Å². The molecule has 1 saturated heterocycles. The highest BCUT2D eigenvalue weighted by molar-refractivity contribution is 7.17. The number of rotatable bonds is 6. The lowest BCUT2D eigenvalue weighted by molar-refractivity contribution is -0.325. The molecule has 0 saturated carbocycles. The molecule has 2 amide bonds. The number of ether oxygens (including phenoxy) is 2. The number of carbonyl (C=O) groups excluding carboxylic acids is 2. The second-order valence-corrected chi connectivity index (χ2v) is 8.05. The van der Waals surface area contributed by atoms with Crippen molar-refractivity contribution in [1.82, 2.24) is 15.6 Å². The van der Waals surface area contributed by atoms with Crippen LogP contribution in [0.3, 0.4) is 0 Å². The van der Waals surface area contributed by atoms with Gasteiger partial charge in [0.1, 0.15) is 11.9 Å². The van der Waals surface area contributed by atoms with Crippen LogP contribution < -0.4 is 15.5 Å². The Morgan fingerprint density at radius 3 is 2.68 bits per heavy atom. The van der Waals surface area contributed by atoms with Crippen molar-refractivity contribution in [3.8, 4) is 0 Å². The van der Waals surface area contributed by atoms with Crippen molar-refractivity contribution in [2.45, 2.75) is 38.3 Å². The van der Waals surface area contributed by atoms with Gasteiger partial charge in [-0.15, -0.1) is 24.5 Å². The number of carbonyl (C=O) groups is 2. The summed E-state index contributed by atoms with van der Waals surface area (Å²) in [5, 5.41) is 6.72. The first-order valence-electron chi connectivity index (χ1n) is 9.69. The van der Waals surface area contributed by atoms with Crippen molar-refractivity contribution in [2.75, 3.05) is 31.6 Å². The Bertz CT molecular complexity index is 929. The minimum absolute atomic E-state index is 0.191. The van der Waals surface area contributed by atoms with Crippen LogP contribution in [0.5, 0.6) is 0 Å². The zero-order chi connectivity index (χ0) is 22.6. The van der Waals surface area contributed by atoms with Crippen LogP contribution in [0.15, 0.2) is 17.5 Å². The Labute approximate surface area is 180 Å². The molecule has 12 heteroatoms. The van der Waals surface area contributed by atoms with E-state index in [2.05, 4.69) is 20.4 Å². The molecule has 0 unspecified atom stereocenters. The number of hydrogen-bond donors (Lipinski definition) is 2. The lowest BCUT2D eigenvalue weighted by atomic mass is 10.1. The summed E-state index contributed by atoms with van der Waals surface area (Å²) in [7, 11) is 1.57. The maximum absolute atomic E-state index is 12.1. The van der Waals surface area contributed by atoms with Crippen molar-refractivity contribution in [3.63, 3.8) is 0 Å². The van der Waals surface area contributed by atoms with E-state index in [4.69, 9.17) is 4.74 Å². The number of thiophene rings is 1. The number of nitrogens with zero attached hydrogens (tertiary/aromatic N) is 2.